The Bertz CT molecular complexity index is 723. The van der Waals surface area contributed by atoms with Crippen molar-refractivity contribution in [2.24, 2.45) is 0 Å². The zero-order valence-corrected chi connectivity index (χ0v) is 15.1. The van der Waals surface area contributed by atoms with Crippen molar-refractivity contribution < 1.29 is 0 Å². The van der Waals surface area contributed by atoms with Crippen LogP contribution in [0.3, 0.4) is 0 Å². The van der Waals surface area contributed by atoms with Crippen LogP contribution in [0.5, 0.6) is 0 Å². The molecule has 3 aromatic carbocycles. The molecule has 0 saturated carbocycles. The van der Waals surface area contributed by atoms with Crippen LogP contribution in [0.4, 0.5) is 0 Å². The average molecular weight is 316 g/mol. The van der Waals surface area contributed by atoms with Crippen LogP contribution < -0.4 is 10.4 Å². The lowest BCUT2D eigenvalue weighted by Gasteiger charge is -2.25. The van der Waals surface area contributed by atoms with Gasteiger partial charge in [0, 0.05) is 0 Å². The number of aryl methyl sites for hydroxylation is 1. The Labute approximate surface area is 141 Å². The SMILES string of the molecule is Cc1cccc([C@@H](C)[Si](c2ccccc2)c2ccccc2)c1C. The van der Waals surface area contributed by atoms with Crippen molar-refractivity contribution >= 4 is 19.2 Å². The molecule has 0 spiro atoms. The summed E-state index contributed by atoms with van der Waals surface area (Å²) in [5.74, 6) is 0. The minimum atomic E-state index is -0.868. The predicted molar refractivity (Wildman–Crippen MR) is 102 cm³/mol. The molecule has 0 aliphatic heterocycles. The van der Waals surface area contributed by atoms with Gasteiger partial charge in [-0.1, -0.05) is 96.2 Å². The van der Waals surface area contributed by atoms with Gasteiger partial charge in [-0.15, -0.1) is 0 Å². The van der Waals surface area contributed by atoms with E-state index in [-0.39, 0.29) is 0 Å². The van der Waals surface area contributed by atoms with Gasteiger partial charge in [-0.2, -0.15) is 0 Å². The highest BCUT2D eigenvalue weighted by molar-refractivity contribution is 6.86. The zero-order valence-electron chi connectivity index (χ0n) is 14.1. The maximum Gasteiger partial charge on any atom is 0.128 e. The van der Waals surface area contributed by atoms with Gasteiger partial charge in [-0.05, 0) is 36.1 Å². The van der Waals surface area contributed by atoms with Crippen molar-refractivity contribution in [3.63, 3.8) is 0 Å². The van der Waals surface area contributed by atoms with Crippen LogP contribution in [0.2, 0.25) is 0 Å². The van der Waals surface area contributed by atoms with E-state index >= 15 is 0 Å². The fraction of sp³-hybridized carbons (Fsp3) is 0.182. The van der Waals surface area contributed by atoms with Crippen molar-refractivity contribution in [1.82, 2.24) is 0 Å². The first-order valence-electron chi connectivity index (χ1n) is 8.22. The molecule has 1 heteroatoms. The van der Waals surface area contributed by atoms with E-state index in [0.29, 0.717) is 5.54 Å². The van der Waals surface area contributed by atoms with E-state index in [1.807, 2.05) is 0 Å². The van der Waals surface area contributed by atoms with Gasteiger partial charge in [0.05, 0.1) is 0 Å². The minimum absolute atomic E-state index is 0.532. The molecule has 0 amide bonds. The Kier molecular flexibility index (Phi) is 4.78. The van der Waals surface area contributed by atoms with Crippen LogP contribution in [-0.4, -0.2) is 8.80 Å². The van der Waals surface area contributed by atoms with E-state index in [2.05, 4.69) is 99.6 Å². The number of hydrogen-bond donors (Lipinski definition) is 0. The first-order chi connectivity index (χ1) is 11.2. The van der Waals surface area contributed by atoms with Gasteiger partial charge in [-0.3, -0.25) is 0 Å². The normalized spacial score (nSPS) is 12.3. The Morgan fingerprint density at radius 3 is 1.70 bits per heavy atom. The van der Waals surface area contributed by atoms with Gasteiger partial charge in [0.2, 0.25) is 0 Å². The fourth-order valence-electron chi connectivity index (χ4n) is 3.30. The second kappa shape index (κ2) is 6.97. The lowest BCUT2D eigenvalue weighted by molar-refractivity contribution is 1.03. The summed E-state index contributed by atoms with van der Waals surface area (Å²) in [6.07, 6.45) is 0. The monoisotopic (exact) mass is 315 g/mol. The van der Waals surface area contributed by atoms with Crippen LogP contribution in [0.1, 0.15) is 29.2 Å². The van der Waals surface area contributed by atoms with Crippen molar-refractivity contribution in [3.8, 4) is 0 Å². The molecule has 0 unspecified atom stereocenters. The molecule has 0 aliphatic rings. The molecule has 23 heavy (non-hydrogen) atoms. The molecule has 0 bridgehead atoms. The molecule has 1 radical (unpaired) electrons. The second-order valence-electron chi connectivity index (χ2n) is 6.16. The summed E-state index contributed by atoms with van der Waals surface area (Å²) >= 11 is 0. The molecule has 0 N–H and O–H groups in total. The molecule has 115 valence electrons. The molecular weight excluding hydrogens is 292 g/mol. The Balaban J connectivity index is 2.10. The summed E-state index contributed by atoms with van der Waals surface area (Å²) < 4.78 is 0. The zero-order chi connectivity index (χ0) is 16.2. The third-order valence-electron chi connectivity index (χ3n) is 4.72. The van der Waals surface area contributed by atoms with Crippen LogP contribution in [0.25, 0.3) is 0 Å². The molecule has 0 saturated heterocycles. The lowest BCUT2D eigenvalue weighted by atomic mass is 10.0. The van der Waals surface area contributed by atoms with E-state index in [9.17, 15) is 0 Å². The number of hydrogen-bond acceptors (Lipinski definition) is 0. The molecular formula is C22H23Si. The van der Waals surface area contributed by atoms with E-state index in [1.54, 1.807) is 0 Å². The summed E-state index contributed by atoms with van der Waals surface area (Å²) in [5.41, 5.74) is 4.85. The summed E-state index contributed by atoms with van der Waals surface area (Å²) in [6, 6.07) is 28.8. The van der Waals surface area contributed by atoms with Crippen molar-refractivity contribution in [1.29, 1.82) is 0 Å². The van der Waals surface area contributed by atoms with E-state index in [4.69, 9.17) is 0 Å². The quantitative estimate of drug-likeness (QED) is 0.631. The molecule has 0 heterocycles. The van der Waals surface area contributed by atoms with Crippen LogP contribution in [-0.2, 0) is 0 Å². The molecule has 3 rings (SSSR count). The summed E-state index contributed by atoms with van der Waals surface area (Å²) in [5, 5.41) is 2.97. The topological polar surface area (TPSA) is 0 Å². The number of rotatable bonds is 4. The fourth-order valence-corrected chi connectivity index (χ4v) is 6.36. The molecule has 0 fully saturated rings. The van der Waals surface area contributed by atoms with Gasteiger partial charge >= 0.3 is 0 Å². The van der Waals surface area contributed by atoms with Crippen LogP contribution in [0.15, 0.2) is 78.9 Å². The Hall–Kier alpha value is -2.12. The van der Waals surface area contributed by atoms with Gasteiger partial charge in [-0.25, -0.2) is 0 Å². The van der Waals surface area contributed by atoms with Gasteiger partial charge < -0.3 is 0 Å². The highest BCUT2D eigenvalue weighted by Crippen LogP contribution is 2.24. The maximum absolute atomic E-state index is 2.40. The summed E-state index contributed by atoms with van der Waals surface area (Å²) in [4.78, 5) is 0. The van der Waals surface area contributed by atoms with Gasteiger partial charge in [0.25, 0.3) is 0 Å². The Morgan fingerprint density at radius 1 is 0.652 bits per heavy atom. The standard InChI is InChI=1S/C22H23Si/c1-17-11-10-16-22(18(17)2)19(3)23(20-12-6-4-7-13-20)21-14-8-5-9-15-21/h4-16,19H,1-3H3/t19-/m1/s1. The largest absolute Gasteiger partial charge is 0.128 e. The third kappa shape index (κ3) is 3.30. The smallest absolute Gasteiger partial charge is 0.0628 e. The van der Waals surface area contributed by atoms with E-state index in [0.717, 1.165) is 0 Å². The lowest BCUT2D eigenvalue weighted by Crippen LogP contribution is -2.46. The van der Waals surface area contributed by atoms with Gasteiger partial charge in [0.15, 0.2) is 0 Å². The van der Waals surface area contributed by atoms with E-state index < -0.39 is 8.80 Å². The predicted octanol–water partition coefficient (Wildman–Crippen LogP) is 4.26. The van der Waals surface area contributed by atoms with Crippen molar-refractivity contribution in [2.75, 3.05) is 0 Å². The van der Waals surface area contributed by atoms with Crippen LogP contribution in [0, 0.1) is 13.8 Å². The minimum Gasteiger partial charge on any atom is -0.0628 e. The molecule has 0 nitrogen and oxygen atoms in total. The summed E-state index contributed by atoms with van der Waals surface area (Å²) in [7, 11) is -0.868. The molecule has 1 atom stereocenters. The summed E-state index contributed by atoms with van der Waals surface area (Å²) in [6.45, 7) is 6.87. The first-order valence-corrected chi connectivity index (χ1v) is 9.80. The molecule has 3 aromatic rings. The maximum atomic E-state index is 2.40. The number of benzene rings is 3. The first kappa shape index (κ1) is 15.8. The van der Waals surface area contributed by atoms with Crippen molar-refractivity contribution in [3.05, 3.63) is 95.6 Å². The molecule has 0 aliphatic carbocycles. The molecule has 0 aromatic heterocycles. The average Bonchev–Trinajstić information content (AvgIpc) is 2.59. The van der Waals surface area contributed by atoms with E-state index in [1.165, 1.54) is 27.1 Å². The second-order valence-corrected chi connectivity index (χ2v) is 9.00. The van der Waals surface area contributed by atoms with Gasteiger partial charge in [0.1, 0.15) is 8.80 Å². The third-order valence-corrected chi connectivity index (χ3v) is 7.80. The van der Waals surface area contributed by atoms with Crippen molar-refractivity contribution in [2.45, 2.75) is 26.3 Å². The van der Waals surface area contributed by atoms with Crippen LogP contribution >= 0.6 is 0 Å². The highest BCUT2D eigenvalue weighted by atomic mass is 28.3. The Morgan fingerprint density at radius 2 is 1.17 bits per heavy atom. The highest BCUT2D eigenvalue weighted by Gasteiger charge is 2.26.